The van der Waals surface area contributed by atoms with Crippen molar-refractivity contribution in [3.8, 4) is 0 Å². The minimum Gasteiger partial charge on any atom is -0.399 e. The lowest BCUT2D eigenvalue weighted by molar-refractivity contribution is 0.0956. The smallest absolute Gasteiger partial charge is 0.253 e. The molecule has 0 fully saturated rings. The molecule has 5 nitrogen and oxygen atoms in total. The van der Waals surface area contributed by atoms with E-state index in [0.29, 0.717) is 29.9 Å². The molecule has 106 valence electrons. The summed E-state index contributed by atoms with van der Waals surface area (Å²) < 4.78 is 0. The fourth-order valence-electron chi connectivity index (χ4n) is 1.89. The van der Waals surface area contributed by atoms with Crippen molar-refractivity contribution < 1.29 is 9.90 Å². The first kappa shape index (κ1) is 15.3. The molecule has 19 heavy (non-hydrogen) atoms. The first-order valence-electron chi connectivity index (χ1n) is 6.67. The number of carbonyl (C=O) groups is 1. The zero-order valence-corrected chi connectivity index (χ0v) is 11.6. The fraction of sp³-hybridized carbons (Fsp3) is 0.500. The van der Waals surface area contributed by atoms with Gasteiger partial charge < -0.3 is 21.5 Å². The van der Waals surface area contributed by atoms with Crippen molar-refractivity contribution >= 4 is 17.3 Å². The maximum atomic E-state index is 12.0. The summed E-state index contributed by atoms with van der Waals surface area (Å²) in [6, 6.07) is 5.31. The second-order valence-corrected chi connectivity index (χ2v) is 4.43. The number of carbonyl (C=O) groups excluding carboxylic acids is 1. The van der Waals surface area contributed by atoms with Crippen molar-refractivity contribution in [1.29, 1.82) is 0 Å². The van der Waals surface area contributed by atoms with Gasteiger partial charge in [0.15, 0.2) is 0 Å². The van der Waals surface area contributed by atoms with E-state index in [9.17, 15) is 4.79 Å². The van der Waals surface area contributed by atoms with Crippen LogP contribution in [0.2, 0.25) is 0 Å². The van der Waals surface area contributed by atoms with Gasteiger partial charge in [-0.2, -0.15) is 0 Å². The molecule has 0 aliphatic rings. The van der Waals surface area contributed by atoms with Crippen LogP contribution in [0, 0.1) is 0 Å². The average molecular weight is 265 g/mol. The Morgan fingerprint density at radius 1 is 1.42 bits per heavy atom. The SMILES string of the molecule is CCNC(=O)c1ccc(N)cc1NC(CC)CCO. The largest absolute Gasteiger partial charge is 0.399 e. The molecule has 0 aliphatic heterocycles. The van der Waals surface area contributed by atoms with Gasteiger partial charge in [0.05, 0.1) is 5.56 Å². The van der Waals surface area contributed by atoms with E-state index in [-0.39, 0.29) is 18.6 Å². The maximum Gasteiger partial charge on any atom is 0.253 e. The topological polar surface area (TPSA) is 87.4 Å². The zero-order chi connectivity index (χ0) is 14.3. The van der Waals surface area contributed by atoms with Crippen LogP contribution in [0.15, 0.2) is 18.2 Å². The minimum absolute atomic E-state index is 0.115. The van der Waals surface area contributed by atoms with Gasteiger partial charge in [-0.05, 0) is 38.0 Å². The number of amides is 1. The van der Waals surface area contributed by atoms with E-state index in [1.54, 1.807) is 18.2 Å². The minimum atomic E-state index is -0.121. The molecule has 0 saturated carbocycles. The Balaban J connectivity index is 2.96. The van der Waals surface area contributed by atoms with Crippen LogP contribution in [-0.2, 0) is 0 Å². The van der Waals surface area contributed by atoms with Crippen molar-refractivity contribution in [1.82, 2.24) is 5.32 Å². The second kappa shape index (κ2) is 7.63. The summed E-state index contributed by atoms with van der Waals surface area (Å²) in [6.07, 6.45) is 1.50. The van der Waals surface area contributed by atoms with E-state index in [4.69, 9.17) is 10.8 Å². The fourth-order valence-corrected chi connectivity index (χ4v) is 1.89. The molecule has 0 aromatic heterocycles. The van der Waals surface area contributed by atoms with Gasteiger partial charge in [0.1, 0.15) is 0 Å². The molecule has 5 N–H and O–H groups in total. The number of aliphatic hydroxyl groups is 1. The Kier molecular flexibility index (Phi) is 6.15. The van der Waals surface area contributed by atoms with Crippen molar-refractivity contribution in [2.45, 2.75) is 32.7 Å². The number of anilines is 2. The monoisotopic (exact) mass is 265 g/mol. The molecular formula is C14H23N3O2. The number of aliphatic hydroxyl groups excluding tert-OH is 1. The maximum absolute atomic E-state index is 12.0. The molecule has 0 saturated heterocycles. The quantitative estimate of drug-likeness (QED) is 0.564. The van der Waals surface area contributed by atoms with Gasteiger partial charge in [-0.1, -0.05) is 6.92 Å². The Morgan fingerprint density at radius 2 is 2.16 bits per heavy atom. The first-order chi connectivity index (χ1) is 9.12. The molecule has 1 rings (SSSR count). The lowest BCUT2D eigenvalue weighted by Gasteiger charge is -2.20. The predicted octanol–water partition coefficient (Wildman–Crippen LogP) is 1.59. The lowest BCUT2D eigenvalue weighted by Crippen LogP contribution is -2.26. The highest BCUT2D eigenvalue weighted by atomic mass is 16.3. The number of nitrogen functional groups attached to an aromatic ring is 1. The van der Waals surface area contributed by atoms with E-state index >= 15 is 0 Å². The Morgan fingerprint density at radius 3 is 2.74 bits per heavy atom. The van der Waals surface area contributed by atoms with E-state index in [1.807, 2.05) is 13.8 Å². The molecule has 1 unspecified atom stereocenters. The van der Waals surface area contributed by atoms with Gasteiger partial charge >= 0.3 is 0 Å². The molecule has 0 radical (unpaired) electrons. The number of rotatable bonds is 7. The van der Waals surface area contributed by atoms with Crippen LogP contribution >= 0.6 is 0 Å². The predicted molar refractivity (Wildman–Crippen MR) is 78.3 cm³/mol. The van der Waals surface area contributed by atoms with Crippen LogP contribution in [0.25, 0.3) is 0 Å². The molecule has 5 heteroatoms. The molecule has 1 amide bonds. The molecule has 1 aromatic rings. The number of hydrogen-bond donors (Lipinski definition) is 4. The van der Waals surface area contributed by atoms with E-state index in [0.717, 1.165) is 6.42 Å². The molecular weight excluding hydrogens is 242 g/mol. The summed E-state index contributed by atoms with van der Waals surface area (Å²) in [4.78, 5) is 12.0. The van der Waals surface area contributed by atoms with Crippen LogP contribution in [0.3, 0.4) is 0 Å². The van der Waals surface area contributed by atoms with Crippen molar-refractivity contribution in [3.05, 3.63) is 23.8 Å². The summed E-state index contributed by atoms with van der Waals surface area (Å²) in [7, 11) is 0. The van der Waals surface area contributed by atoms with Crippen LogP contribution in [-0.4, -0.2) is 30.2 Å². The molecule has 0 aliphatic carbocycles. The van der Waals surface area contributed by atoms with Crippen molar-refractivity contribution in [3.63, 3.8) is 0 Å². The van der Waals surface area contributed by atoms with E-state index in [2.05, 4.69) is 10.6 Å². The lowest BCUT2D eigenvalue weighted by atomic mass is 10.1. The highest BCUT2D eigenvalue weighted by Gasteiger charge is 2.14. The highest BCUT2D eigenvalue weighted by Crippen LogP contribution is 2.21. The van der Waals surface area contributed by atoms with Crippen LogP contribution in [0.5, 0.6) is 0 Å². The molecule has 1 atom stereocenters. The van der Waals surface area contributed by atoms with Crippen LogP contribution in [0.4, 0.5) is 11.4 Å². The number of benzene rings is 1. The standard InChI is InChI=1S/C14H23N3O2/c1-3-11(7-8-18)17-13-9-10(15)5-6-12(13)14(19)16-4-2/h5-6,9,11,17-18H,3-4,7-8,15H2,1-2H3,(H,16,19). The Bertz CT molecular complexity index is 421. The number of nitrogens with two attached hydrogens (primary N) is 1. The molecule has 1 aromatic carbocycles. The third-order valence-corrected chi connectivity index (χ3v) is 2.96. The summed E-state index contributed by atoms with van der Waals surface area (Å²) in [6.45, 7) is 4.61. The third kappa shape index (κ3) is 4.44. The Labute approximate surface area is 114 Å². The van der Waals surface area contributed by atoms with Gasteiger partial charge in [-0.15, -0.1) is 0 Å². The zero-order valence-electron chi connectivity index (χ0n) is 11.6. The average Bonchev–Trinajstić information content (AvgIpc) is 2.38. The van der Waals surface area contributed by atoms with Crippen LogP contribution < -0.4 is 16.4 Å². The Hall–Kier alpha value is -1.75. The van der Waals surface area contributed by atoms with Gasteiger partial charge in [0.25, 0.3) is 5.91 Å². The number of hydrogen-bond acceptors (Lipinski definition) is 4. The summed E-state index contributed by atoms with van der Waals surface area (Å²) in [5.74, 6) is -0.121. The van der Waals surface area contributed by atoms with E-state index < -0.39 is 0 Å². The second-order valence-electron chi connectivity index (χ2n) is 4.43. The summed E-state index contributed by atoms with van der Waals surface area (Å²) in [5, 5.41) is 15.1. The van der Waals surface area contributed by atoms with Crippen LogP contribution in [0.1, 0.15) is 37.0 Å². The van der Waals surface area contributed by atoms with Crippen molar-refractivity contribution in [2.75, 3.05) is 24.2 Å². The van der Waals surface area contributed by atoms with E-state index in [1.165, 1.54) is 0 Å². The highest BCUT2D eigenvalue weighted by molar-refractivity contribution is 6.00. The molecule has 0 heterocycles. The third-order valence-electron chi connectivity index (χ3n) is 2.96. The molecule has 0 bridgehead atoms. The molecule has 0 spiro atoms. The summed E-state index contributed by atoms with van der Waals surface area (Å²) in [5.41, 5.74) is 7.67. The summed E-state index contributed by atoms with van der Waals surface area (Å²) >= 11 is 0. The normalized spacial score (nSPS) is 11.9. The van der Waals surface area contributed by atoms with Crippen molar-refractivity contribution in [2.24, 2.45) is 0 Å². The van der Waals surface area contributed by atoms with Gasteiger partial charge in [0, 0.05) is 30.6 Å². The number of nitrogens with one attached hydrogen (secondary N) is 2. The van der Waals surface area contributed by atoms with Gasteiger partial charge in [0.2, 0.25) is 0 Å². The van der Waals surface area contributed by atoms with Gasteiger partial charge in [-0.25, -0.2) is 0 Å². The van der Waals surface area contributed by atoms with Gasteiger partial charge in [-0.3, -0.25) is 4.79 Å². The first-order valence-corrected chi connectivity index (χ1v) is 6.67.